The molecule has 0 aromatic carbocycles. The van der Waals surface area contributed by atoms with Crippen molar-refractivity contribution in [2.75, 3.05) is 6.54 Å². The summed E-state index contributed by atoms with van der Waals surface area (Å²) in [6, 6.07) is 0.503. The van der Waals surface area contributed by atoms with E-state index in [9.17, 15) is 9.90 Å². The third-order valence-corrected chi connectivity index (χ3v) is 5.28. The number of likely N-dealkylation sites (tertiary alicyclic amines) is 1. The zero-order valence-electron chi connectivity index (χ0n) is 12.0. The first-order chi connectivity index (χ1) is 8.45. The summed E-state index contributed by atoms with van der Waals surface area (Å²) in [6.45, 7) is 7.50. The molecular formula is C15H27NO2. The summed E-state index contributed by atoms with van der Waals surface area (Å²) in [5, 5.41) is 9.47. The fourth-order valence-electron chi connectivity index (χ4n) is 3.88. The van der Waals surface area contributed by atoms with Crippen molar-refractivity contribution in [2.24, 2.45) is 11.8 Å². The molecule has 1 saturated carbocycles. The second-order valence-electron chi connectivity index (χ2n) is 6.69. The van der Waals surface area contributed by atoms with Gasteiger partial charge in [-0.25, -0.2) is 0 Å². The van der Waals surface area contributed by atoms with E-state index in [1.165, 1.54) is 25.7 Å². The molecule has 104 valence electrons. The van der Waals surface area contributed by atoms with Crippen molar-refractivity contribution in [2.45, 2.75) is 70.9 Å². The summed E-state index contributed by atoms with van der Waals surface area (Å²) < 4.78 is 0. The number of hydrogen-bond acceptors (Lipinski definition) is 2. The Morgan fingerprint density at radius 2 is 1.89 bits per heavy atom. The van der Waals surface area contributed by atoms with Gasteiger partial charge >= 0.3 is 5.97 Å². The highest BCUT2D eigenvalue weighted by atomic mass is 16.4. The standard InChI is InChI=1S/C15H27NO2/c1-11(2)12-5-7-13(8-6-12)16-10-4-9-15(16,3)14(17)18/h11-13H,4-10H2,1-3H3,(H,17,18). The molecular weight excluding hydrogens is 226 g/mol. The average Bonchev–Trinajstić information content (AvgIpc) is 2.73. The molecule has 2 fully saturated rings. The molecule has 0 spiro atoms. The van der Waals surface area contributed by atoms with E-state index in [1.54, 1.807) is 0 Å². The highest BCUT2D eigenvalue weighted by Gasteiger charge is 2.46. The third-order valence-electron chi connectivity index (χ3n) is 5.28. The minimum Gasteiger partial charge on any atom is -0.480 e. The molecule has 0 bridgehead atoms. The fourth-order valence-corrected chi connectivity index (χ4v) is 3.88. The molecule has 0 aromatic heterocycles. The van der Waals surface area contributed by atoms with Gasteiger partial charge in [-0.1, -0.05) is 13.8 Å². The normalized spacial score (nSPS) is 38.2. The Labute approximate surface area is 111 Å². The van der Waals surface area contributed by atoms with E-state index in [-0.39, 0.29) is 0 Å². The molecule has 18 heavy (non-hydrogen) atoms. The monoisotopic (exact) mass is 253 g/mol. The Hall–Kier alpha value is -0.570. The number of carboxylic acid groups (broad SMARTS) is 1. The summed E-state index contributed by atoms with van der Waals surface area (Å²) in [7, 11) is 0. The number of carbonyl (C=O) groups is 1. The lowest BCUT2D eigenvalue weighted by Gasteiger charge is -2.42. The third kappa shape index (κ3) is 2.42. The fraction of sp³-hybridized carbons (Fsp3) is 0.933. The van der Waals surface area contributed by atoms with Crippen LogP contribution in [0.25, 0.3) is 0 Å². The van der Waals surface area contributed by atoms with Crippen LogP contribution in [0, 0.1) is 11.8 Å². The van der Waals surface area contributed by atoms with Crippen LogP contribution >= 0.6 is 0 Å². The minimum atomic E-state index is -0.633. The van der Waals surface area contributed by atoms with Gasteiger partial charge < -0.3 is 5.11 Å². The largest absolute Gasteiger partial charge is 0.480 e. The molecule has 1 unspecified atom stereocenters. The van der Waals surface area contributed by atoms with Gasteiger partial charge in [0.05, 0.1) is 0 Å². The second kappa shape index (κ2) is 5.20. The zero-order chi connectivity index (χ0) is 13.3. The van der Waals surface area contributed by atoms with E-state index < -0.39 is 11.5 Å². The zero-order valence-corrected chi connectivity index (χ0v) is 12.0. The van der Waals surface area contributed by atoms with Crippen molar-refractivity contribution >= 4 is 5.97 Å². The van der Waals surface area contributed by atoms with Crippen LogP contribution < -0.4 is 0 Å². The molecule has 1 aliphatic carbocycles. The van der Waals surface area contributed by atoms with Crippen molar-refractivity contribution in [1.29, 1.82) is 0 Å². The molecule has 1 heterocycles. The van der Waals surface area contributed by atoms with E-state index in [1.807, 2.05) is 6.92 Å². The smallest absolute Gasteiger partial charge is 0.323 e. The Kier molecular flexibility index (Phi) is 4.00. The van der Waals surface area contributed by atoms with Gasteiger partial charge in [-0.15, -0.1) is 0 Å². The van der Waals surface area contributed by atoms with E-state index in [2.05, 4.69) is 18.7 Å². The van der Waals surface area contributed by atoms with Gasteiger partial charge in [-0.05, 0) is 63.8 Å². The van der Waals surface area contributed by atoms with Crippen LogP contribution in [0.3, 0.4) is 0 Å². The number of carboxylic acids is 1. The number of rotatable bonds is 3. The minimum absolute atomic E-state index is 0.503. The molecule has 0 aromatic rings. The maximum absolute atomic E-state index is 11.5. The molecule has 1 N–H and O–H groups in total. The summed E-state index contributed by atoms with van der Waals surface area (Å²) in [5.74, 6) is 0.987. The Balaban J connectivity index is 1.99. The van der Waals surface area contributed by atoms with Crippen LogP contribution in [0.2, 0.25) is 0 Å². The first-order valence-corrected chi connectivity index (χ1v) is 7.45. The molecule has 3 nitrogen and oxygen atoms in total. The summed E-state index contributed by atoms with van der Waals surface area (Å²) in [4.78, 5) is 13.8. The summed E-state index contributed by atoms with van der Waals surface area (Å²) in [6.07, 6.45) is 6.76. The maximum Gasteiger partial charge on any atom is 0.323 e. The van der Waals surface area contributed by atoms with E-state index >= 15 is 0 Å². The highest BCUT2D eigenvalue weighted by Crippen LogP contribution is 2.38. The van der Waals surface area contributed by atoms with E-state index in [0.29, 0.717) is 6.04 Å². The lowest BCUT2D eigenvalue weighted by Crippen LogP contribution is -2.53. The molecule has 1 aliphatic heterocycles. The average molecular weight is 253 g/mol. The first-order valence-electron chi connectivity index (χ1n) is 7.45. The van der Waals surface area contributed by atoms with Gasteiger partial charge in [-0.2, -0.15) is 0 Å². The predicted molar refractivity (Wildman–Crippen MR) is 72.6 cm³/mol. The molecule has 1 saturated heterocycles. The van der Waals surface area contributed by atoms with Crippen LogP contribution in [0.1, 0.15) is 59.3 Å². The van der Waals surface area contributed by atoms with Crippen LogP contribution in [0.4, 0.5) is 0 Å². The maximum atomic E-state index is 11.5. The van der Waals surface area contributed by atoms with Crippen LogP contribution in [0.15, 0.2) is 0 Å². The summed E-state index contributed by atoms with van der Waals surface area (Å²) in [5.41, 5.74) is -0.602. The number of hydrogen-bond donors (Lipinski definition) is 1. The van der Waals surface area contributed by atoms with Gasteiger partial charge in [-0.3, -0.25) is 9.69 Å². The van der Waals surface area contributed by atoms with Crippen molar-refractivity contribution in [1.82, 2.24) is 4.90 Å². The van der Waals surface area contributed by atoms with E-state index in [4.69, 9.17) is 0 Å². The van der Waals surface area contributed by atoms with Gasteiger partial charge in [0.1, 0.15) is 5.54 Å². The number of nitrogens with zero attached hydrogens (tertiary/aromatic N) is 1. The molecule has 3 heteroatoms. The Morgan fingerprint density at radius 1 is 1.28 bits per heavy atom. The van der Waals surface area contributed by atoms with Gasteiger partial charge in [0, 0.05) is 6.04 Å². The summed E-state index contributed by atoms with van der Waals surface area (Å²) >= 11 is 0. The Bertz CT molecular complexity index is 308. The van der Waals surface area contributed by atoms with Crippen molar-refractivity contribution in [3.05, 3.63) is 0 Å². The highest BCUT2D eigenvalue weighted by molar-refractivity contribution is 5.78. The Morgan fingerprint density at radius 3 is 2.39 bits per heavy atom. The topological polar surface area (TPSA) is 40.5 Å². The number of aliphatic carboxylic acids is 1. The van der Waals surface area contributed by atoms with Crippen molar-refractivity contribution in [3.63, 3.8) is 0 Å². The van der Waals surface area contributed by atoms with Crippen molar-refractivity contribution < 1.29 is 9.90 Å². The SMILES string of the molecule is CC(C)C1CCC(N2CCCC2(C)C(=O)O)CC1. The molecule has 2 rings (SSSR count). The van der Waals surface area contributed by atoms with Gasteiger partial charge in [0.2, 0.25) is 0 Å². The molecule has 1 atom stereocenters. The van der Waals surface area contributed by atoms with Gasteiger partial charge in [0.15, 0.2) is 0 Å². The van der Waals surface area contributed by atoms with Crippen LogP contribution in [0.5, 0.6) is 0 Å². The second-order valence-corrected chi connectivity index (χ2v) is 6.69. The lowest BCUT2D eigenvalue weighted by molar-refractivity contribution is -0.150. The molecule has 0 amide bonds. The van der Waals surface area contributed by atoms with Crippen LogP contribution in [-0.2, 0) is 4.79 Å². The molecule has 0 radical (unpaired) electrons. The first kappa shape index (κ1) is 13.9. The van der Waals surface area contributed by atoms with Crippen LogP contribution in [-0.4, -0.2) is 34.1 Å². The van der Waals surface area contributed by atoms with Crippen molar-refractivity contribution in [3.8, 4) is 0 Å². The van der Waals surface area contributed by atoms with Gasteiger partial charge in [0.25, 0.3) is 0 Å². The van der Waals surface area contributed by atoms with E-state index in [0.717, 1.165) is 31.2 Å². The molecule has 2 aliphatic rings. The lowest BCUT2D eigenvalue weighted by atomic mass is 9.78. The predicted octanol–water partition coefficient (Wildman–Crippen LogP) is 3.14. The quantitative estimate of drug-likeness (QED) is 0.840.